The Labute approximate surface area is 207 Å². The highest BCUT2D eigenvalue weighted by Gasteiger charge is 2.40. The van der Waals surface area contributed by atoms with E-state index < -0.39 is 0 Å². The van der Waals surface area contributed by atoms with Gasteiger partial charge in [0.1, 0.15) is 11.4 Å². The number of nitrogens with one attached hydrogen (secondary N) is 1. The average Bonchev–Trinajstić information content (AvgIpc) is 3.05. The molecule has 5 heteroatoms. The number of rotatable bonds is 7. The van der Waals surface area contributed by atoms with E-state index in [1.807, 2.05) is 70.2 Å². The second-order valence-corrected chi connectivity index (χ2v) is 9.56. The van der Waals surface area contributed by atoms with Crippen molar-refractivity contribution < 1.29 is 14.3 Å². The van der Waals surface area contributed by atoms with Crippen LogP contribution in [0.1, 0.15) is 55.9 Å². The predicted molar refractivity (Wildman–Crippen MR) is 142 cm³/mol. The number of aryl methyl sites for hydroxylation is 2. The lowest BCUT2D eigenvalue weighted by molar-refractivity contribution is -0.120. The van der Waals surface area contributed by atoms with E-state index in [1.54, 1.807) is 24.3 Å². The second kappa shape index (κ2) is 9.79. The summed E-state index contributed by atoms with van der Waals surface area (Å²) in [5.74, 6) is 0.363. The van der Waals surface area contributed by atoms with Gasteiger partial charge in [-0.3, -0.25) is 9.59 Å². The molecule has 0 atom stereocenters. The van der Waals surface area contributed by atoms with Gasteiger partial charge in [0, 0.05) is 5.69 Å². The van der Waals surface area contributed by atoms with Crippen molar-refractivity contribution in [3.05, 3.63) is 94.7 Å². The molecule has 1 aliphatic heterocycles. The van der Waals surface area contributed by atoms with Gasteiger partial charge in [0.05, 0.1) is 17.4 Å². The molecular weight excluding hydrogens is 436 g/mol. The van der Waals surface area contributed by atoms with Gasteiger partial charge in [-0.05, 0) is 92.3 Å². The van der Waals surface area contributed by atoms with Crippen molar-refractivity contribution in [1.82, 2.24) is 0 Å². The minimum absolute atomic E-state index is 0.0341. The third-order valence-corrected chi connectivity index (χ3v) is 6.19. The maximum Gasteiger partial charge on any atom is 0.282 e. The molecule has 0 radical (unpaired) electrons. The summed E-state index contributed by atoms with van der Waals surface area (Å²) in [5, 5.41) is 3.25. The normalized spacial score (nSPS) is 13.9. The second-order valence-electron chi connectivity index (χ2n) is 9.56. The number of carbonyl (C=O) groups is 2. The first-order chi connectivity index (χ1) is 16.7. The molecule has 0 spiro atoms. The average molecular weight is 469 g/mol. The molecule has 4 rings (SSSR count). The van der Waals surface area contributed by atoms with Crippen molar-refractivity contribution in [3.63, 3.8) is 0 Å². The van der Waals surface area contributed by atoms with Crippen molar-refractivity contribution in [2.45, 2.75) is 53.6 Å². The van der Waals surface area contributed by atoms with E-state index >= 15 is 0 Å². The van der Waals surface area contributed by atoms with Crippen LogP contribution in [0.25, 0.3) is 5.57 Å². The largest absolute Gasteiger partial charge is 0.491 e. The molecule has 1 heterocycles. The summed E-state index contributed by atoms with van der Waals surface area (Å²) < 4.78 is 5.72. The number of imide groups is 1. The van der Waals surface area contributed by atoms with Crippen LogP contribution in [0, 0.1) is 13.8 Å². The summed E-state index contributed by atoms with van der Waals surface area (Å²) in [4.78, 5) is 28.6. The maximum atomic E-state index is 13.7. The molecule has 3 aromatic rings. The quantitative estimate of drug-likeness (QED) is 0.396. The van der Waals surface area contributed by atoms with Gasteiger partial charge in [0.25, 0.3) is 11.8 Å². The molecule has 0 unspecified atom stereocenters. The van der Waals surface area contributed by atoms with Crippen molar-refractivity contribution in [2.75, 3.05) is 10.2 Å². The first kappa shape index (κ1) is 24.3. The van der Waals surface area contributed by atoms with Gasteiger partial charge in [-0.1, -0.05) is 44.2 Å². The molecule has 1 aliphatic rings. The van der Waals surface area contributed by atoms with Gasteiger partial charge in [-0.2, -0.15) is 0 Å². The molecule has 180 valence electrons. The lowest BCUT2D eigenvalue weighted by Gasteiger charge is -2.17. The Balaban J connectivity index is 1.75. The number of anilines is 2. The molecule has 0 saturated heterocycles. The molecule has 2 amide bonds. The Bertz CT molecular complexity index is 1290. The fourth-order valence-corrected chi connectivity index (χ4v) is 4.09. The summed E-state index contributed by atoms with van der Waals surface area (Å²) in [7, 11) is 0. The summed E-state index contributed by atoms with van der Waals surface area (Å²) in [5.41, 5.74) is 6.02. The van der Waals surface area contributed by atoms with E-state index in [4.69, 9.17) is 4.74 Å². The number of benzene rings is 3. The number of amides is 2. The molecule has 3 aromatic carbocycles. The number of nitrogens with zero attached hydrogens (tertiary/aromatic N) is 1. The summed E-state index contributed by atoms with van der Waals surface area (Å²) in [6.45, 7) is 12.2. The van der Waals surface area contributed by atoms with Gasteiger partial charge in [-0.15, -0.1) is 0 Å². The van der Waals surface area contributed by atoms with Crippen LogP contribution in [0.5, 0.6) is 5.75 Å². The molecule has 0 aromatic heterocycles. The highest BCUT2D eigenvalue weighted by atomic mass is 16.5. The first-order valence-electron chi connectivity index (χ1n) is 12.0. The van der Waals surface area contributed by atoms with Crippen molar-refractivity contribution >= 4 is 28.8 Å². The molecule has 0 saturated carbocycles. The fraction of sp³-hybridized carbons (Fsp3) is 0.267. The zero-order valence-corrected chi connectivity index (χ0v) is 21.2. The third-order valence-electron chi connectivity index (χ3n) is 6.19. The monoisotopic (exact) mass is 468 g/mol. The minimum Gasteiger partial charge on any atom is -0.491 e. The van der Waals surface area contributed by atoms with E-state index in [0.29, 0.717) is 22.9 Å². The van der Waals surface area contributed by atoms with Gasteiger partial charge in [-0.25, -0.2) is 4.90 Å². The molecule has 0 bridgehead atoms. The zero-order valence-electron chi connectivity index (χ0n) is 21.2. The zero-order chi connectivity index (χ0) is 25.3. The Morgan fingerprint density at radius 3 is 2.00 bits per heavy atom. The van der Waals surface area contributed by atoms with Crippen LogP contribution in [0.4, 0.5) is 11.4 Å². The SMILES string of the molecule is Cc1ccc(C2=C(Nc3ccc(C(C)C)cc3)C(=O)N(c3ccc(OC(C)C)cc3)C2=O)cc1C. The Hall–Kier alpha value is -3.86. The topological polar surface area (TPSA) is 58.6 Å². The van der Waals surface area contributed by atoms with E-state index in [2.05, 4.69) is 19.2 Å². The first-order valence-corrected chi connectivity index (χ1v) is 12.0. The number of ether oxygens (including phenoxy) is 1. The predicted octanol–water partition coefficient (Wildman–Crippen LogP) is 6.61. The number of hydrogen-bond donors (Lipinski definition) is 1. The van der Waals surface area contributed by atoms with E-state index in [-0.39, 0.29) is 23.6 Å². The van der Waals surface area contributed by atoms with Crippen molar-refractivity contribution in [1.29, 1.82) is 0 Å². The van der Waals surface area contributed by atoms with E-state index in [9.17, 15) is 9.59 Å². The van der Waals surface area contributed by atoms with Crippen LogP contribution in [0.2, 0.25) is 0 Å². The summed E-state index contributed by atoms with van der Waals surface area (Å²) in [6, 6.07) is 20.8. The van der Waals surface area contributed by atoms with Gasteiger partial charge >= 0.3 is 0 Å². The van der Waals surface area contributed by atoms with Gasteiger partial charge in [0.15, 0.2) is 0 Å². The fourth-order valence-electron chi connectivity index (χ4n) is 4.09. The summed E-state index contributed by atoms with van der Waals surface area (Å²) in [6.07, 6.45) is 0.0341. The molecule has 35 heavy (non-hydrogen) atoms. The van der Waals surface area contributed by atoms with Crippen molar-refractivity contribution in [3.8, 4) is 5.75 Å². The lowest BCUT2D eigenvalue weighted by atomic mass is 9.99. The number of hydrogen-bond acceptors (Lipinski definition) is 4. The maximum absolute atomic E-state index is 13.7. The minimum atomic E-state index is -0.381. The van der Waals surface area contributed by atoms with Gasteiger partial charge in [0.2, 0.25) is 0 Å². The van der Waals surface area contributed by atoms with Crippen LogP contribution in [0.3, 0.4) is 0 Å². The van der Waals surface area contributed by atoms with Crippen LogP contribution in [-0.4, -0.2) is 17.9 Å². The van der Waals surface area contributed by atoms with E-state index in [1.165, 1.54) is 10.5 Å². The molecule has 5 nitrogen and oxygen atoms in total. The number of carbonyl (C=O) groups excluding carboxylic acids is 2. The smallest absolute Gasteiger partial charge is 0.282 e. The van der Waals surface area contributed by atoms with Crippen molar-refractivity contribution in [2.24, 2.45) is 0 Å². The highest BCUT2D eigenvalue weighted by molar-refractivity contribution is 6.46. The molecular formula is C30H32N2O3. The lowest BCUT2D eigenvalue weighted by Crippen LogP contribution is -2.32. The van der Waals surface area contributed by atoms with Crippen LogP contribution >= 0.6 is 0 Å². The van der Waals surface area contributed by atoms with Crippen LogP contribution < -0.4 is 15.0 Å². The Morgan fingerprint density at radius 1 is 0.771 bits per heavy atom. The Kier molecular flexibility index (Phi) is 6.79. The van der Waals surface area contributed by atoms with Crippen LogP contribution in [-0.2, 0) is 9.59 Å². The molecule has 0 aliphatic carbocycles. The molecule has 1 N–H and O–H groups in total. The highest BCUT2D eigenvalue weighted by Crippen LogP contribution is 2.35. The van der Waals surface area contributed by atoms with E-state index in [0.717, 1.165) is 22.4 Å². The molecule has 0 fully saturated rings. The van der Waals surface area contributed by atoms with Crippen LogP contribution in [0.15, 0.2) is 72.4 Å². The standard InChI is InChI=1S/C30H32N2O3/c1-18(2)22-9-11-24(12-10-22)31-28-27(23-8-7-20(5)21(6)17-23)29(33)32(30(28)34)25-13-15-26(16-14-25)35-19(3)4/h7-19,31H,1-6H3. The third kappa shape index (κ3) is 4.99. The Morgan fingerprint density at radius 2 is 1.43 bits per heavy atom. The summed E-state index contributed by atoms with van der Waals surface area (Å²) >= 11 is 0. The van der Waals surface area contributed by atoms with Gasteiger partial charge < -0.3 is 10.1 Å².